The lowest BCUT2D eigenvalue weighted by molar-refractivity contribution is 0.419. The molecule has 6 aromatic carbocycles. The third-order valence-corrected chi connectivity index (χ3v) is 14.4. The van der Waals surface area contributed by atoms with Crippen molar-refractivity contribution in [3.63, 3.8) is 0 Å². The molecule has 0 aromatic heterocycles. The quantitative estimate of drug-likeness (QED) is 0.160. The Morgan fingerprint density at radius 2 is 0.923 bits per heavy atom. The molecule has 0 bridgehead atoms. The fourth-order valence-electron chi connectivity index (χ4n) is 11.3. The number of aromatic hydroxyl groups is 2. The molecule has 0 unspecified atom stereocenters. The molecule has 0 atom stereocenters. The number of rotatable bonds is 8. The number of phenols is 2. The van der Waals surface area contributed by atoms with Gasteiger partial charge in [-0.3, -0.25) is 0 Å². The molecule has 0 radical (unpaired) electrons. The van der Waals surface area contributed by atoms with E-state index in [0.717, 1.165) is 120 Å². The standard InChI is InChI=1S/C61H62O4/c1-39-34-50(60(62)52(36-39)58-41(3)20-6-4-5-7-21-42-22-8-11-25-45(42)58)48-28-14-16-30-54(48)64-56-32-18-19-33-57(56)65-55-31-17-15-29-49(55)51-35-40(2)37-53(61(51)63)59-46-26-12-9-23-43(46)38-44-24-10-13-27-47(44)59/h14-19,21,28-38,62-63H,3-13,20,22-27H2,1-2H3/b42-21-,58-45?. The molecule has 10 rings (SSSR count). The first-order valence-corrected chi connectivity index (χ1v) is 24.4. The van der Waals surface area contributed by atoms with Crippen LogP contribution in [-0.4, -0.2) is 10.2 Å². The molecule has 330 valence electrons. The minimum atomic E-state index is 0.254. The van der Waals surface area contributed by atoms with Crippen LogP contribution in [0.5, 0.6) is 34.5 Å². The topological polar surface area (TPSA) is 58.9 Å². The Labute approximate surface area is 386 Å². The van der Waals surface area contributed by atoms with E-state index in [1.54, 1.807) is 0 Å². The van der Waals surface area contributed by atoms with Crippen LogP contribution in [0.1, 0.15) is 122 Å². The Hall–Kier alpha value is -6.26. The Bertz CT molecular complexity index is 2840. The van der Waals surface area contributed by atoms with E-state index >= 15 is 0 Å². The zero-order valence-electron chi connectivity index (χ0n) is 38.3. The highest BCUT2D eigenvalue weighted by molar-refractivity contribution is 5.92. The number of aryl methyl sites for hydroxylation is 4. The lowest BCUT2D eigenvalue weighted by atomic mass is 9.76. The molecular weight excluding hydrogens is 797 g/mol. The maximum atomic E-state index is 12.5. The lowest BCUT2D eigenvalue weighted by Crippen LogP contribution is -2.13. The van der Waals surface area contributed by atoms with Gasteiger partial charge in [0.25, 0.3) is 0 Å². The highest BCUT2D eigenvalue weighted by Gasteiger charge is 2.28. The van der Waals surface area contributed by atoms with Crippen molar-refractivity contribution in [2.75, 3.05) is 0 Å². The number of phenolic OH excluding ortho intramolecular Hbond substituents is 2. The van der Waals surface area contributed by atoms with Crippen LogP contribution in [0.3, 0.4) is 0 Å². The van der Waals surface area contributed by atoms with Crippen LogP contribution in [0.25, 0.3) is 39.0 Å². The van der Waals surface area contributed by atoms with Crippen LogP contribution in [0, 0.1) is 13.8 Å². The Morgan fingerprint density at radius 1 is 0.446 bits per heavy atom. The number of hydrogen-bond donors (Lipinski definition) is 2. The second-order valence-corrected chi connectivity index (χ2v) is 19.0. The second kappa shape index (κ2) is 18.7. The van der Waals surface area contributed by atoms with Gasteiger partial charge < -0.3 is 19.7 Å². The molecular formula is C61H62O4. The fraction of sp³-hybridized carbons (Fsp3) is 0.311. The fourth-order valence-corrected chi connectivity index (χ4v) is 11.3. The first-order chi connectivity index (χ1) is 31.8. The summed E-state index contributed by atoms with van der Waals surface area (Å²) in [4.78, 5) is 0. The summed E-state index contributed by atoms with van der Waals surface area (Å²) in [6.45, 7) is 8.90. The smallest absolute Gasteiger partial charge is 0.169 e. The predicted octanol–water partition coefficient (Wildman–Crippen LogP) is 16.8. The molecule has 0 heterocycles. The summed E-state index contributed by atoms with van der Waals surface area (Å²) in [6.07, 6.45) is 21.6. The third-order valence-electron chi connectivity index (χ3n) is 14.4. The van der Waals surface area contributed by atoms with Crippen molar-refractivity contribution in [2.24, 2.45) is 0 Å². The molecule has 0 saturated heterocycles. The van der Waals surface area contributed by atoms with E-state index in [1.807, 2.05) is 72.8 Å². The second-order valence-electron chi connectivity index (χ2n) is 19.0. The van der Waals surface area contributed by atoms with Crippen molar-refractivity contribution in [1.29, 1.82) is 0 Å². The Morgan fingerprint density at radius 3 is 1.54 bits per heavy atom. The van der Waals surface area contributed by atoms with Crippen LogP contribution >= 0.6 is 0 Å². The van der Waals surface area contributed by atoms with Gasteiger partial charge in [0.1, 0.15) is 23.0 Å². The molecule has 2 N–H and O–H groups in total. The maximum Gasteiger partial charge on any atom is 0.169 e. The average Bonchev–Trinajstić information content (AvgIpc) is 3.32. The van der Waals surface area contributed by atoms with Crippen molar-refractivity contribution in [3.05, 3.63) is 171 Å². The van der Waals surface area contributed by atoms with Crippen molar-refractivity contribution >= 4 is 5.57 Å². The number of allylic oxidation sites excluding steroid dienone is 5. The summed E-state index contributed by atoms with van der Waals surface area (Å²) < 4.78 is 13.7. The number of para-hydroxylation sites is 4. The molecule has 4 aliphatic rings. The van der Waals surface area contributed by atoms with E-state index in [-0.39, 0.29) is 5.75 Å². The first kappa shape index (κ1) is 42.7. The summed E-state index contributed by atoms with van der Waals surface area (Å²) in [5.74, 6) is 2.88. The SMILES string of the molecule is C=C1CCCCC/C=C2/CCCCC2=C1c1cc(C)cc(-c2ccccc2Oc2ccccc2Oc2ccccc2-c2cc(C)cc(-c3c4c(cc5c3CCCC5)CCCC4)c2O)c1O. The van der Waals surface area contributed by atoms with Gasteiger partial charge in [-0.2, -0.15) is 0 Å². The van der Waals surface area contributed by atoms with E-state index in [9.17, 15) is 10.2 Å². The van der Waals surface area contributed by atoms with Crippen molar-refractivity contribution in [2.45, 2.75) is 123 Å². The Balaban J connectivity index is 1.02. The lowest BCUT2D eigenvalue weighted by Gasteiger charge is -2.28. The first-order valence-electron chi connectivity index (χ1n) is 24.4. The minimum Gasteiger partial charge on any atom is -0.507 e. The molecule has 0 aliphatic heterocycles. The summed E-state index contributed by atoms with van der Waals surface area (Å²) >= 11 is 0. The van der Waals surface area contributed by atoms with Crippen molar-refractivity contribution in [3.8, 4) is 67.9 Å². The molecule has 4 heteroatoms. The highest BCUT2D eigenvalue weighted by Crippen LogP contribution is 2.51. The predicted molar refractivity (Wildman–Crippen MR) is 268 cm³/mol. The number of benzene rings is 6. The van der Waals surface area contributed by atoms with Gasteiger partial charge in [-0.05, 0) is 226 Å². The van der Waals surface area contributed by atoms with Crippen molar-refractivity contribution < 1.29 is 19.7 Å². The Kier molecular flexibility index (Phi) is 12.3. The van der Waals surface area contributed by atoms with Gasteiger partial charge >= 0.3 is 0 Å². The molecule has 1 saturated carbocycles. The third kappa shape index (κ3) is 8.56. The molecule has 0 amide bonds. The van der Waals surface area contributed by atoms with Crippen LogP contribution in [0.2, 0.25) is 0 Å². The molecule has 6 aromatic rings. The van der Waals surface area contributed by atoms with Crippen LogP contribution in [-0.2, 0) is 25.7 Å². The molecule has 65 heavy (non-hydrogen) atoms. The van der Waals surface area contributed by atoms with Crippen LogP contribution < -0.4 is 9.47 Å². The van der Waals surface area contributed by atoms with Gasteiger partial charge in [0.05, 0.1) is 0 Å². The maximum absolute atomic E-state index is 12.5. The highest BCUT2D eigenvalue weighted by atomic mass is 16.5. The van der Waals surface area contributed by atoms with Crippen LogP contribution in [0.4, 0.5) is 0 Å². The number of fused-ring (bicyclic) bond motifs is 3. The summed E-state index contributed by atoms with van der Waals surface area (Å²) in [5, 5.41) is 24.9. The van der Waals surface area contributed by atoms with Gasteiger partial charge in [-0.25, -0.2) is 0 Å². The average molecular weight is 859 g/mol. The zero-order valence-corrected chi connectivity index (χ0v) is 38.3. The van der Waals surface area contributed by atoms with Crippen molar-refractivity contribution in [1.82, 2.24) is 0 Å². The van der Waals surface area contributed by atoms with E-state index in [1.165, 1.54) is 83.9 Å². The molecule has 0 spiro atoms. The monoisotopic (exact) mass is 858 g/mol. The zero-order chi connectivity index (χ0) is 44.4. The van der Waals surface area contributed by atoms with Gasteiger partial charge in [0.15, 0.2) is 11.5 Å². The van der Waals surface area contributed by atoms with Gasteiger partial charge in [0.2, 0.25) is 0 Å². The van der Waals surface area contributed by atoms with E-state index in [2.05, 4.69) is 56.8 Å². The molecule has 4 nitrogen and oxygen atoms in total. The van der Waals surface area contributed by atoms with Crippen LogP contribution in [0.15, 0.2) is 133 Å². The number of ether oxygens (including phenoxy) is 2. The van der Waals surface area contributed by atoms with E-state index in [4.69, 9.17) is 9.47 Å². The summed E-state index contributed by atoms with van der Waals surface area (Å²) in [7, 11) is 0. The normalized spacial score (nSPS) is 17.3. The van der Waals surface area contributed by atoms with Gasteiger partial charge in [-0.15, -0.1) is 0 Å². The largest absolute Gasteiger partial charge is 0.507 e. The van der Waals surface area contributed by atoms with E-state index in [0.29, 0.717) is 28.7 Å². The summed E-state index contributed by atoms with van der Waals surface area (Å²) in [6, 6.07) is 34.7. The molecule has 4 aliphatic carbocycles. The summed E-state index contributed by atoms with van der Waals surface area (Å²) in [5.41, 5.74) is 19.2. The number of hydrogen-bond acceptors (Lipinski definition) is 4. The van der Waals surface area contributed by atoms with E-state index < -0.39 is 0 Å². The minimum absolute atomic E-state index is 0.254. The van der Waals surface area contributed by atoms with Gasteiger partial charge in [-0.1, -0.05) is 73.7 Å². The van der Waals surface area contributed by atoms with Gasteiger partial charge in [0, 0.05) is 33.4 Å². The molecule has 1 fully saturated rings.